The molecule has 3 heteroatoms. The van der Waals surface area contributed by atoms with E-state index in [1.165, 1.54) is 31.4 Å². The summed E-state index contributed by atoms with van der Waals surface area (Å²) < 4.78 is 0. The highest BCUT2D eigenvalue weighted by Crippen LogP contribution is 2.28. The van der Waals surface area contributed by atoms with Crippen LogP contribution in [-0.2, 0) is 0 Å². The molecule has 0 radical (unpaired) electrons. The molecule has 1 heterocycles. The molecule has 0 amide bonds. The van der Waals surface area contributed by atoms with Gasteiger partial charge in [0.1, 0.15) is 6.17 Å². The van der Waals surface area contributed by atoms with E-state index in [9.17, 15) is 0 Å². The monoisotopic (exact) mass is 262 g/mol. The van der Waals surface area contributed by atoms with E-state index in [4.69, 9.17) is 12.2 Å². The molecule has 2 rings (SSSR count). The Hall–Kier alpha value is -1.05. The van der Waals surface area contributed by atoms with Crippen molar-refractivity contribution in [2.24, 2.45) is 11.8 Å². The minimum Gasteiger partial charge on any atom is -0.366 e. The van der Waals surface area contributed by atoms with E-state index in [-0.39, 0.29) is 6.17 Å². The Balaban J connectivity index is 1.73. The maximum absolute atomic E-state index is 4.88. The lowest BCUT2D eigenvalue weighted by molar-refractivity contribution is 0.331. The van der Waals surface area contributed by atoms with Gasteiger partial charge in [0.15, 0.2) is 0 Å². The standard InChI is InChI=1S/C15H22N2S/c1-12-6-8-13(9-7-12)4-2-3-5-14-10-16-15(11-18)17-14/h3-4,10-13,15-17H,5-9H2,1H3. The van der Waals surface area contributed by atoms with Crippen LogP contribution in [0.2, 0.25) is 0 Å². The molecule has 1 aliphatic carbocycles. The van der Waals surface area contributed by atoms with Crippen molar-refractivity contribution in [3.05, 3.63) is 29.8 Å². The fraction of sp³-hybridized carbons (Fsp3) is 0.600. The molecule has 1 atom stereocenters. The SMILES string of the molecule is CC1CCC(C=C=CCC2=CNC(C=S)N2)CC1. The molecule has 0 spiro atoms. The summed E-state index contributed by atoms with van der Waals surface area (Å²) in [5.74, 6) is 1.67. The lowest BCUT2D eigenvalue weighted by Crippen LogP contribution is -2.32. The van der Waals surface area contributed by atoms with Gasteiger partial charge in [-0.3, -0.25) is 0 Å². The lowest BCUT2D eigenvalue weighted by atomic mass is 9.83. The van der Waals surface area contributed by atoms with Gasteiger partial charge in [-0.1, -0.05) is 32.0 Å². The van der Waals surface area contributed by atoms with Crippen molar-refractivity contribution in [3.63, 3.8) is 0 Å². The van der Waals surface area contributed by atoms with Gasteiger partial charge in [0, 0.05) is 23.7 Å². The van der Waals surface area contributed by atoms with Crippen molar-refractivity contribution in [1.29, 1.82) is 0 Å². The number of allylic oxidation sites excluding steroid dienone is 1. The lowest BCUT2D eigenvalue weighted by Gasteiger charge is -2.22. The summed E-state index contributed by atoms with van der Waals surface area (Å²) in [6.45, 7) is 2.35. The van der Waals surface area contributed by atoms with Gasteiger partial charge in [-0.05, 0) is 36.8 Å². The highest BCUT2D eigenvalue weighted by molar-refractivity contribution is 7.79. The Kier molecular flexibility index (Phi) is 5.03. The summed E-state index contributed by atoms with van der Waals surface area (Å²) in [6.07, 6.45) is 12.8. The Labute approximate surface area is 115 Å². The molecule has 0 aromatic carbocycles. The van der Waals surface area contributed by atoms with Gasteiger partial charge in [0.05, 0.1) is 0 Å². The van der Waals surface area contributed by atoms with Crippen LogP contribution in [0.4, 0.5) is 0 Å². The fourth-order valence-electron chi connectivity index (χ4n) is 2.49. The van der Waals surface area contributed by atoms with Crippen molar-refractivity contribution < 1.29 is 0 Å². The molecule has 1 aliphatic heterocycles. The minimum atomic E-state index is 0.118. The molecule has 18 heavy (non-hydrogen) atoms. The minimum absolute atomic E-state index is 0.118. The van der Waals surface area contributed by atoms with E-state index in [1.807, 2.05) is 6.20 Å². The maximum Gasteiger partial charge on any atom is 0.126 e. The van der Waals surface area contributed by atoms with Crippen LogP contribution >= 0.6 is 12.2 Å². The molecule has 2 aliphatic rings. The van der Waals surface area contributed by atoms with E-state index in [0.29, 0.717) is 0 Å². The average molecular weight is 262 g/mol. The van der Waals surface area contributed by atoms with Gasteiger partial charge in [0.25, 0.3) is 0 Å². The Morgan fingerprint density at radius 2 is 2.17 bits per heavy atom. The van der Waals surface area contributed by atoms with Crippen LogP contribution in [-0.4, -0.2) is 11.5 Å². The van der Waals surface area contributed by atoms with E-state index in [0.717, 1.165) is 18.3 Å². The van der Waals surface area contributed by atoms with Gasteiger partial charge in [-0.2, -0.15) is 0 Å². The van der Waals surface area contributed by atoms with E-state index >= 15 is 0 Å². The molecule has 0 aromatic rings. The molecule has 0 saturated heterocycles. The second-order valence-corrected chi connectivity index (χ2v) is 5.63. The topological polar surface area (TPSA) is 24.1 Å². The van der Waals surface area contributed by atoms with Crippen LogP contribution in [0.1, 0.15) is 39.0 Å². The zero-order chi connectivity index (χ0) is 12.8. The van der Waals surface area contributed by atoms with Crippen LogP contribution in [0.3, 0.4) is 0 Å². The Morgan fingerprint density at radius 1 is 1.39 bits per heavy atom. The quantitative estimate of drug-likeness (QED) is 0.600. The molecule has 1 fully saturated rings. The average Bonchev–Trinajstić information content (AvgIpc) is 2.85. The number of nitrogens with one attached hydrogen (secondary N) is 2. The van der Waals surface area contributed by atoms with E-state index < -0.39 is 0 Å². The van der Waals surface area contributed by atoms with Gasteiger partial charge < -0.3 is 10.6 Å². The first kappa shape index (κ1) is 13.4. The predicted molar refractivity (Wildman–Crippen MR) is 80.2 cm³/mol. The second kappa shape index (κ2) is 6.77. The van der Waals surface area contributed by atoms with Crippen LogP contribution in [0, 0.1) is 11.8 Å². The highest BCUT2D eigenvalue weighted by atomic mass is 32.1. The van der Waals surface area contributed by atoms with Gasteiger partial charge >= 0.3 is 0 Å². The van der Waals surface area contributed by atoms with Gasteiger partial charge in [-0.25, -0.2) is 0 Å². The van der Waals surface area contributed by atoms with Crippen molar-refractivity contribution in [3.8, 4) is 0 Å². The van der Waals surface area contributed by atoms with Crippen molar-refractivity contribution >= 4 is 17.6 Å². The zero-order valence-electron chi connectivity index (χ0n) is 11.0. The number of thiocarbonyl (C=S) groups is 1. The number of rotatable bonds is 4. The molecular weight excluding hydrogens is 240 g/mol. The van der Waals surface area contributed by atoms with Gasteiger partial charge in [0.2, 0.25) is 0 Å². The normalized spacial score (nSPS) is 30.5. The van der Waals surface area contributed by atoms with Crippen LogP contribution < -0.4 is 10.6 Å². The van der Waals surface area contributed by atoms with E-state index in [2.05, 4.69) is 35.4 Å². The first-order valence-electron chi connectivity index (χ1n) is 6.86. The third-order valence-electron chi connectivity index (χ3n) is 3.75. The summed E-state index contributed by atoms with van der Waals surface area (Å²) in [5.41, 5.74) is 4.51. The number of hydrogen-bond acceptors (Lipinski definition) is 3. The molecular formula is C15H22N2S. The molecule has 0 bridgehead atoms. The summed E-state index contributed by atoms with van der Waals surface area (Å²) in [5, 5.41) is 8.15. The zero-order valence-corrected chi connectivity index (χ0v) is 11.8. The maximum atomic E-state index is 4.88. The van der Waals surface area contributed by atoms with Crippen molar-refractivity contribution in [1.82, 2.24) is 10.6 Å². The third kappa shape index (κ3) is 4.01. The first-order valence-corrected chi connectivity index (χ1v) is 7.33. The molecule has 0 aromatic heterocycles. The summed E-state index contributed by atoms with van der Waals surface area (Å²) >= 11 is 4.88. The molecule has 98 valence electrons. The molecule has 2 nitrogen and oxygen atoms in total. The summed E-state index contributed by atoms with van der Waals surface area (Å²) in [4.78, 5) is 0. The Bertz CT molecular complexity index is 372. The largest absolute Gasteiger partial charge is 0.366 e. The summed E-state index contributed by atoms with van der Waals surface area (Å²) in [7, 11) is 0. The second-order valence-electron chi connectivity index (χ2n) is 5.36. The molecule has 2 N–H and O–H groups in total. The molecule has 1 saturated carbocycles. The third-order valence-corrected chi connectivity index (χ3v) is 4.02. The fourth-order valence-corrected chi connectivity index (χ4v) is 2.64. The van der Waals surface area contributed by atoms with Crippen LogP contribution in [0.25, 0.3) is 0 Å². The number of hydrogen-bond donors (Lipinski definition) is 2. The van der Waals surface area contributed by atoms with Crippen LogP contribution in [0.15, 0.2) is 29.8 Å². The van der Waals surface area contributed by atoms with Crippen molar-refractivity contribution in [2.75, 3.05) is 0 Å². The first-order chi connectivity index (χ1) is 8.78. The Morgan fingerprint density at radius 3 is 2.83 bits per heavy atom. The van der Waals surface area contributed by atoms with E-state index in [1.54, 1.807) is 5.37 Å². The summed E-state index contributed by atoms with van der Waals surface area (Å²) in [6, 6.07) is 0. The smallest absolute Gasteiger partial charge is 0.126 e. The predicted octanol–water partition coefficient (Wildman–Crippen LogP) is 3.27. The molecule has 1 unspecified atom stereocenters. The van der Waals surface area contributed by atoms with Crippen LogP contribution in [0.5, 0.6) is 0 Å². The van der Waals surface area contributed by atoms with Crippen molar-refractivity contribution in [2.45, 2.75) is 45.2 Å². The van der Waals surface area contributed by atoms with Gasteiger partial charge in [-0.15, -0.1) is 5.73 Å². The highest BCUT2D eigenvalue weighted by Gasteiger charge is 2.15.